The van der Waals surface area contributed by atoms with Gasteiger partial charge in [-0.1, -0.05) is 23.4 Å². The molecule has 134 valence electrons. The van der Waals surface area contributed by atoms with Gasteiger partial charge in [0.2, 0.25) is 5.91 Å². The minimum absolute atomic E-state index is 0.0353. The van der Waals surface area contributed by atoms with Gasteiger partial charge in [0.25, 0.3) is 5.56 Å². The maximum atomic E-state index is 11.5. The van der Waals surface area contributed by atoms with Crippen molar-refractivity contribution in [2.75, 3.05) is 5.75 Å². The van der Waals surface area contributed by atoms with Crippen LogP contribution in [0.2, 0.25) is 5.02 Å². The predicted octanol–water partition coefficient (Wildman–Crippen LogP) is 0.465. The van der Waals surface area contributed by atoms with E-state index in [1.54, 1.807) is 28.8 Å². The van der Waals surface area contributed by atoms with E-state index in [0.29, 0.717) is 27.4 Å². The van der Waals surface area contributed by atoms with Crippen LogP contribution in [0.5, 0.6) is 0 Å². The molecule has 0 bridgehead atoms. The van der Waals surface area contributed by atoms with Gasteiger partial charge in [0, 0.05) is 28.9 Å². The van der Waals surface area contributed by atoms with Gasteiger partial charge in [0.1, 0.15) is 5.82 Å². The van der Waals surface area contributed by atoms with E-state index in [0.717, 1.165) is 11.8 Å². The van der Waals surface area contributed by atoms with E-state index in [1.807, 2.05) is 0 Å². The van der Waals surface area contributed by atoms with Crippen molar-refractivity contribution in [1.82, 2.24) is 24.7 Å². The van der Waals surface area contributed by atoms with Crippen LogP contribution < -0.4 is 17.0 Å². The molecular weight excluding hydrogens is 380 g/mol. The first-order valence-electron chi connectivity index (χ1n) is 7.36. The molecule has 0 saturated heterocycles. The summed E-state index contributed by atoms with van der Waals surface area (Å²) >= 11 is 7.07. The Hall–Kier alpha value is -2.85. The van der Waals surface area contributed by atoms with Gasteiger partial charge in [-0.05, 0) is 24.3 Å². The summed E-state index contributed by atoms with van der Waals surface area (Å²) < 4.78 is 1.71. The highest BCUT2D eigenvalue weighted by molar-refractivity contribution is 7.99. The zero-order valence-electron chi connectivity index (χ0n) is 13.2. The molecular formula is C15H13ClN6O3S. The van der Waals surface area contributed by atoms with Crippen molar-refractivity contribution >= 4 is 29.3 Å². The number of hydrogen-bond acceptors (Lipinski definition) is 6. The summed E-state index contributed by atoms with van der Waals surface area (Å²) in [7, 11) is 0. The van der Waals surface area contributed by atoms with Crippen molar-refractivity contribution < 1.29 is 4.79 Å². The molecule has 0 unspecified atom stereocenters. The summed E-state index contributed by atoms with van der Waals surface area (Å²) in [6, 6.07) is 8.23. The number of halogens is 1. The van der Waals surface area contributed by atoms with Crippen LogP contribution in [0.25, 0.3) is 5.69 Å². The Morgan fingerprint density at radius 1 is 1.19 bits per heavy atom. The smallest absolute Gasteiger partial charge is 0.325 e. The van der Waals surface area contributed by atoms with Crippen LogP contribution in [-0.4, -0.2) is 36.4 Å². The molecule has 0 fully saturated rings. The lowest BCUT2D eigenvalue weighted by Gasteiger charge is -2.10. The van der Waals surface area contributed by atoms with Crippen molar-refractivity contribution in [3.63, 3.8) is 0 Å². The van der Waals surface area contributed by atoms with Gasteiger partial charge in [0.05, 0.1) is 5.75 Å². The van der Waals surface area contributed by atoms with Crippen LogP contribution in [0.1, 0.15) is 11.5 Å². The second kappa shape index (κ2) is 7.58. The van der Waals surface area contributed by atoms with Crippen LogP contribution in [0, 0.1) is 0 Å². The lowest BCUT2D eigenvalue weighted by atomic mass is 10.2. The fraction of sp³-hybridized carbons (Fsp3) is 0.133. The molecule has 0 radical (unpaired) electrons. The number of hydrogen-bond donors (Lipinski definition) is 3. The van der Waals surface area contributed by atoms with Gasteiger partial charge in [-0.15, -0.1) is 10.2 Å². The average Bonchev–Trinajstić information content (AvgIpc) is 2.95. The van der Waals surface area contributed by atoms with Crippen molar-refractivity contribution in [1.29, 1.82) is 0 Å². The highest BCUT2D eigenvalue weighted by Gasteiger charge is 2.16. The normalized spacial score (nSPS) is 10.8. The molecule has 0 aliphatic heterocycles. The predicted molar refractivity (Wildman–Crippen MR) is 96.8 cm³/mol. The van der Waals surface area contributed by atoms with Crippen molar-refractivity contribution in [2.45, 2.75) is 11.6 Å². The third-order valence-electron chi connectivity index (χ3n) is 3.29. The standard InChI is InChI=1S/C15H13ClN6O3S/c16-8-1-3-10(4-2-8)22-12(20-21-15(22)26-7-11(17)23)5-9-6-13(24)19-14(25)18-9/h1-4,6H,5,7H2,(H2,17,23)(H2,18,19,24,25). The topological polar surface area (TPSA) is 140 Å². The number of benzene rings is 1. The fourth-order valence-corrected chi connectivity index (χ4v) is 3.11. The Balaban J connectivity index is 2.03. The number of primary amides is 1. The number of aromatic nitrogens is 5. The van der Waals surface area contributed by atoms with E-state index in [-0.39, 0.29) is 12.2 Å². The Kier molecular flexibility index (Phi) is 5.24. The quantitative estimate of drug-likeness (QED) is 0.521. The zero-order valence-corrected chi connectivity index (χ0v) is 14.8. The van der Waals surface area contributed by atoms with Crippen LogP contribution in [-0.2, 0) is 11.2 Å². The number of aromatic amines is 2. The Morgan fingerprint density at radius 3 is 2.58 bits per heavy atom. The number of carbonyl (C=O) groups is 1. The van der Waals surface area contributed by atoms with Crippen LogP contribution >= 0.6 is 23.4 Å². The molecule has 9 nitrogen and oxygen atoms in total. The molecule has 0 spiro atoms. The average molecular weight is 393 g/mol. The van der Waals surface area contributed by atoms with Gasteiger partial charge < -0.3 is 10.7 Å². The minimum atomic E-state index is -0.603. The first-order valence-corrected chi connectivity index (χ1v) is 8.72. The van der Waals surface area contributed by atoms with Crippen LogP contribution in [0.3, 0.4) is 0 Å². The maximum absolute atomic E-state index is 11.5. The number of thioether (sulfide) groups is 1. The van der Waals surface area contributed by atoms with Crippen LogP contribution in [0.15, 0.2) is 45.1 Å². The molecule has 3 rings (SSSR count). The molecule has 0 aliphatic carbocycles. The first kappa shape index (κ1) is 18.0. The SMILES string of the molecule is NC(=O)CSc1nnc(Cc2cc(=O)[nH]c(=O)[nH]2)n1-c1ccc(Cl)cc1. The largest absolute Gasteiger partial charge is 0.369 e. The summed E-state index contributed by atoms with van der Waals surface area (Å²) in [6.45, 7) is 0. The number of nitrogens with zero attached hydrogens (tertiary/aromatic N) is 3. The number of carbonyl (C=O) groups excluding carboxylic acids is 1. The Morgan fingerprint density at radius 2 is 1.92 bits per heavy atom. The summed E-state index contributed by atoms with van der Waals surface area (Å²) in [5.41, 5.74) is 5.19. The summed E-state index contributed by atoms with van der Waals surface area (Å²) in [4.78, 5) is 38.7. The minimum Gasteiger partial charge on any atom is -0.369 e. The first-order chi connectivity index (χ1) is 12.4. The molecule has 2 heterocycles. The molecule has 2 aromatic heterocycles. The monoisotopic (exact) mass is 392 g/mol. The number of rotatable bonds is 6. The number of H-pyrrole nitrogens is 2. The van der Waals surface area contributed by atoms with Crippen molar-refractivity contribution in [3.8, 4) is 5.69 Å². The van der Waals surface area contributed by atoms with Gasteiger partial charge in [-0.25, -0.2) is 4.79 Å². The third-order valence-corrected chi connectivity index (χ3v) is 4.50. The van der Waals surface area contributed by atoms with Crippen LogP contribution in [0.4, 0.5) is 0 Å². The van der Waals surface area contributed by atoms with Gasteiger partial charge in [0.15, 0.2) is 5.16 Å². The maximum Gasteiger partial charge on any atom is 0.325 e. The molecule has 0 saturated carbocycles. The summed E-state index contributed by atoms with van der Waals surface area (Å²) in [5.74, 6) is 0.0229. The Bertz CT molecular complexity index is 1030. The molecule has 4 N–H and O–H groups in total. The number of amides is 1. The van der Waals surface area contributed by atoms with Crippen molar-refractivity contribution in [3.05, 3.63) is 67.7 Å². The molecule has 11 heteroatoms. The second-order valence-electron chi connectivity index (χ2n) is 5.26. The summed E-state index contributed by atoms with van der Waals surface area (Å²) in [6.07, 6.45) is 0.159. The van der Waals surface area contributed by atoms with Gasteiger partial charge >= 0.3 is 5.69 Å². The molecule has 0 atom stereocenters. The highest BCUT2D eigenvalue weighted by atomic mass is 35.5. The molecule has 0 aliphatic rings. The highest BCUT2D eigenvalue weighted by Crippen LogP contribution is 2.24. The number of nitrogens with two attached hydrogens (primary N) is 1. The summed E-state index contributed by atoms with van der Waals surface area (Å²) in [5, 5.41) is 9.22. The number of nitrogens with one attached hydrogen (secondary N) is 2. The molecule has 3 aromatic rings. The lowest BCUT2D eigenvalue weighted by Crippen LogP contribution is -2.23. The van der Waals surface area contributed by atoms with E-state index in [1.165, 1.54) is 6.07 Å². The second-order valence-corrected chi connectivity index (χ2v) is 6.63. The lowest BCUT2D eigenvalue weighted by molar-refractivity contribution is -0.115. The molecule has 1 amide bonds. The fourth-order valence-electron chi connectivity index (χ4n) is 2.28. The van der Waals surface area contributed by atoms with E-state index in [2.05, 4.69) is 20.2 Å². The molecule has 26 heavy (non-hydrogen) atoms. The van der Waals surface area contributed by atoms with Crippen molar-refractivity contribution in [2.24, 2.45) is 5.73 Å². The third kappa shape index (κ3) is 4.21. The van der Waals surface area contributed by atoms with Gasteiger partial charge in [-0.3, -0.25) is 19.1 Å². The molecule has 1 aromatic carbocycles. The van der Waals surface area contributed by atoms with E-state index in [9.17, 15) is 14.4 Å². The van der Waals surface area contributed by atoms with E-state index in [4.69, 9.17) is 17.3 Å². The van der Waals surface area contributed by atoms with Gasteiger partial charge in [-0.2, -0.15) is 0 Å². The van der Waals surface area contributed by atoms with E-state index >= 15 is 0 Å². The zero-order chi connectivity index (χ0) is 18.7. The van der Waals surface area contributed by atoms with E-state index < -0.39 is 17.2 Å². The Labute approximate surface area is 155 Å².